The summed E-state index contributed by atoms with van der Waals surface area (Å²) in [4.78, 5) is 13.6. The van der Waals surface area contributed by atoms with Gasteiger partial charge in [0.05, 0.1) is 6.04 Å². The van der Waals surface area contributed by atoms with Crippen molar-refractivity contribution in [2.75, 3.05) is 6.26 Å². The molecule has 2 nitrogen and oxygen atoms in total. The Morgan fingerprint density at radius 2 is 1.86 bits per heavy atom. The first-order valence-corrected chi connectivity index (χ1v) is 8.74. The largest absolute Gasteiger partial charge is 0.346 e. The van der Waals surface area contributed by atoms with Crippen molar-refractivity contribution in [3.63, 3.8) is 0 Å². The van der Waals surface area contributed by atoms with Crippen molar-refractivity contribution < 1.29 is 4.79 Å². The first-order chi connectivity index (χ1) is 10.0. The van der Waals surface area contributed by atoms with E-state index in [9.17, 15) is 4.79 Å². The Kier molecular flexibility index (Phi) is 5.48. The SMILES string of the molecule is CSc1ccc(C(C)NC(=O)c2cccc(Br)c2C)cc1. The second-order valence-corrected chi connectivity index (χ2v) is 6.61. The molecule has 110 valence electrons. The molecule has 0 aliphatic heterocycles. The molecule has 0 heterocycles. The van der Waals surface area contributed by atoms with Gasteiger partial charge < -0.3 is 5.32 Å². The molecular weight excluding hydrogens is 346 g/mol. The molecule has 2 aromatic carbocycles. The van der Waals surface area contributed by atoms with Crippen LogP contribution in [-0.2, 0) is 0 Å². The van der Waals surface area contributed by atoms with Gasteiger partial charge in [-0.1, -0.05) is 34.1 Å². The third-order valence-corrected chi connectivity index (χ3v) is 5.08. The van der Waals surface area contributed by atoms with E-state index < -0.39 is 0 Å². The van der Waals surface area contributed by atoms with Crippen LogP contribution in [0.25, 0.3) is 0 Å². The molecule has 0 aliphatic carbocycles. The van der Waals surface area contributed by atoms with E-state index in [2.05, 4.69) is 51.8 Å². The van der Waals surface area contributed by atoms with E-state index in [-0.39, 0.29) is 11.9 Å². The average Bonchev–Trinajstić information content (AvgIpc) is 2.50. The number of nitrogens with one attached hydrogen (secondary N) is 1. The molecule has 2 rings (SSSR count). The molecule has 0 radical (unpaired) electrons. The van der Waals surface area contributed by atoms with Gasteiger partial charge in [0.15, 0.2) is 0 Å². The van der Waals surface area contributed by atoms with Crippen LogP contribution in [0.1, 0.15) is 34.5 Å². The van der Waals surface area contributed by atoms with E-state index in [1.165, 1.54) is 4.90 Å². The molecule has 0 aliphatic rings. The lowest BCUT2D eigenvalue weighted by Crippen LogP contribution is -2.27. The molecule has 2 aromatic rings. The summed E-state index contributed by atoms with van der Waals surface area (Å²) in [5.74, 6) is -0.0461. The lowest BCUT2D eigenvalue weighted by molar-refractivity contribution is 0.0939. The fourth-order valence-electron chi connectivity index (χ4n) is 2.10. The molecule has 1 unspecified atom stereocenters. The second kappa shape index (κ2) is 7.14. The molecule has 0 saturated heterocycles. The van der Waals surface area contributed by atoms with Crippen LogP contribution in [0.5, 0.6) is 0 Å². The Morgan fingerprint density at radius 3 is 2.48 bits per heavy atom. The number of rotatable bonds is 4. The summed E-state index contributed by atoms with van der Waals surface area (Å²) in [6, 6.07) is 13.9. The Hall–Kier alpha value is -1.26. The summed E-state index contributed by atoms with van der Waals surface area (Å²) in [6.07, 6.45) is 2.05. The van der Waals surface area contributed by atoms with Crippen molar-refractivity contribution in [3.05, 3.63) is 63.6 Å². The van der Waals surface area contributed by atoms with E-state index in [0.29, 0.717) is 5.56 Å². The third-order valence-electron chi connectivity index (χ3n) is 3.48. The van der Waals surface area contributed by atoms with Crippen molar-refractivity contribution in [1.82, 2.24) is 5.32 Å². The lowest BCUT2D eigenvalue weighted by atomic mass is 10.1. The van der Waals surface area contributed by atoms with Crippen molar-refractivity contribution in [3.8, 4) is 0 Å². The molecule has 0 spiro atoms. The predicted molar refractivity (Wildman–Crippen MR) is 93.0 cm³/mol. The minimum Gasteiger partial charge on any atom is -0.346 e. The van der Waals surface area contributed by atoms with Crippen LogP contribution >= 0.6 is 27.7 Å². The number of hydrogen-bond acceptors (Lipinski definition) is 2. The van der Waals surface area contributed by atoms with Gasteiger partial charge in [-0.05, 0) is 55.5 Å². The van der Waals surface area contributed by atoms with Crippen LogP contribution in [0.15, 0.2) is 51.8 Å². The van der Waals surface area contributed by atoms with E-state index in [1.54, 1.807) is 11.8 Å². The fraction of sp³-hybridized carbons (Fsp3) is 0.235. The highest BCUT2D eigenvalue weighted by molar-refractivity contribution is 9.10. The smallest absolute Gasteiger partial charge is 0.252 e. The van der Waals surface area contributed by atoms with Crippen molar-refractivity contribution in [2.24, 2.45) is 0 Å². The number of benzene rings is 2. The molecule has 0 saturated carbocycles. The van der Waals surface area contributed by atoms with Gasteiger partial charge >= 0.3 is 0 Å². The molecule has 0 aromatic heterocycles. The summed E-state index contributed by atoms with van der Waals surface area (Å²) in [7, 11) is 0. The molecule has 1 amide bonds. The van der Waals surface area contributed by atoms with Crippen molar-refractivity contribution in [1.29, 1.82) is 0 Å². The van der Waals surface area contributed by atoms with Crippen LogP contribution < -0.4 is 5.32 Å². The number of hydrogen-bond donors (Lipinski definition) is 1. The number of thioether (sulfide) groups is 1. The van der Waals surface area contributed by atoms with Gasteiger partial charge in [-0.25, -0.2) is 0 Å². The summed E-state index contributed by atoms with van der Waals surface area (Å²) in [6.45, 7) is 3.94. The van der Waals surface area contributed by atoms with Crippen molar-refractivity contribution in [2.45, 2.75) is 24.8 Å². The highest BCUT2D eigenvalue weighted by atomic mass is 79.9. The maximum Gasteiger partial charge on any atom is 0.252 e. The predicted octanol–water partition coefficient (Wildman–Crippen LogP) is 4.97. The summed E-state index contributed by atoms with van der Waals surface area (Å²) in [5.41, 5.74) is 2.77. The normalized spacial score (nSPS) is 12.0. The van der Waals surface area contributed by atoms with Crippen LogP contribution in [-0.4, -0.2) is 12.2 Å². The highest BCUT2D eigenvalue weighted by Crippen LogP contribution is 2.22. The van der Waals surface area contributed by atoms with Crippen LogP contribution in [0.2, 0.25) is 0 Å². The van der Waals surface area contributed by atoms with E-state index >= 15 is 0 Å². The third kappa shape index (κ3) is 3.89. The van der Waals surface area contributed by atoms with Crippen molar-refractivity contribution >= 4 is 33.6 Å². The Labute approximate surface area is 138 Å². The van der Waals surface area contributed by atoms with Crippen LogP contribution in [0.4, 0.5) is 0 Å². The molecular formula is C17H18BrNOS. The fourth-order valence-corrected chi connectivity index (χ4v) is 2.88. The van der Waals surface area contributed by atoms with Crippen LogP contribution in [0.3, 0.4) is 0 Å². The standard InChI is InChI=1S/C17H18BrNOS/c1-11-15(5-4-6-16(11)18)17(20)19-12(2)13-7-9-14(21-3)10-8-13/h4-10,12H,1-3H3,(H,19,20). The highest BCUT2D eigenvalue weighted by Gasteiger charge is 2.14. The Morgan fingerprint density at radius 1 is 1.19 bits per heavy atom. The lowest BCUT2D eigenvalue weighted by Gasteiger charge is -2.16. The zero-order valence-electron chi connectivity index (χ0n) is 12.3. The quantitative estimate of drug-likeness (QED) is 0.776. The van der Waals surface area contributed by atoms with Gasteiger partial charge in [0, 0.05) is 14.9 Å². The average molecular weight is 364 g/mol. The number of halogens is 1. The zero-order chi connectivity index (χ0) is 15.4. The van der Waals surface area contributed by atoms with E-state index in [4.69, 9.17) is 0 Å². The van der Waals surface area contributed by atoms with Crippen LogP contribution in [0, 0.1) is 6.92 Å². The molecule has 0 bridgehead atoms. The second-order valence-electron chi connectivity index (χ2n) is 4.88. The first kappa shape index (κ1) is 16.1. The zero-order valence-corrected chi connectivity index (χ0v) is 14.7. The summed E-state index contributed by atoms with van der Waals surface area (Å²) < 4.78 is 0.951. The number of carbonyl (C=O) groups excluding carboxylic acids is 1. The molecule has 1 N–H and O–H groups in total. The monoisotopic (exact) mass is 363 g/mol. The maximum atomic E-state index is 12.4. The number of carbonyl (C=O) groups is 1. The van der Waals surface area contributed by atoms with Gasteiger partial charge in [-0.3, -0.25) is 4.79 Å². The molecule has 4 heteroatoms. The topological polar surface area (TPSA) is 29.1 Å². The van der Waals surface area contributed by atoms with Gasteiger partial charge in [0.1, 0.15) is 0 Å². The molecule has 0 fully saturated rings. The Bertz CT molecular complexity index is 640. The molecule has 21 heavy (non-hydrogen) atoms. The summed E-state index contributed by atoms with van der Waals surface area (Å²) >= 11 is 5.17. The molecule has 1 atom stereocenters. The van der Waals surface area contributed by atoms with E-state index in [1.807, 2.05) is 32.0 Å². The van der Waals surface area contributed by atoms with Gasteiger partial charge in [0.25, 0.3) is 5.91 Å². The summed E-state index contributed by atoms with van der Waals surface area (Å²) in [5, 5.41) is 3.05. The Balaban J connectivity index is 2.12. The van der Waals surface area contributed by atoms with Gasteiger partial charge in [0.2, 0.25) is 0 Å². The van der Waals surface area contributed by atoms with Gasteiger partial charge in [-0.2, -0.15) is 0 Å². The maximum absolute atomic E-state index is 12.4. The number of amides is 1. The minimum absolute atomic E-state index is 0.0215. The van der Waals surface area contributed by atoms with Gasteiger partial charge in [-0.15, -0.1) is 11.8 Å². The van der Waals surface area contributed by atoms with E-state index in [0.717, 1.165) is 15.6 Å². The first-order valence-electron chi connectivity index (χ1n) is 6.73. The minimum atomic E-state index is -0.0461.